The molecule has 1 aliphatic carbocycles. The Bertz CT molecular complexity index is 415. The molecule has 1 unspecified atom stereocenters. The molecule has 0 aliphatic heterocycles. The SMILES string of the molecule is CC(N[C@H](C)C1CCCCC1)c1ccc(F)c(Br)c1. The van der Waals surface area contributed by atoms with Crippen LogP contribution in [0.15, 0.2) is 22.7 Å². The molecule has 1 aromatic rings. The van der Waals surface area contributed by atoms with Gasteiger partial charge in [-0.2, -0.15) is 0 Å². The zero-order chi connectivity index (χ0) is 13.8. The number of hydrogen-bond acceptors (Lipinski definition) is 1. The van der Waals surface area contributed by atoms with Crippen molar-refractivity contribution >= 4 is 15.9 Å². The molecule has 2 rings (SSSR count). The van der Waals surface area contributed by atoms with E-state index in [1.165, 1.54) is 38.2 Å². The standard InChI is InChI=1S/C16H23BrFN/c1-11(13-6-4-3-5-7-13)19-12(2)14-8-9-16(18)15(17)10-14/h8-13,19H,3-7H2,1-2H3/t11-,12?/m1/s1. The zero-order valence-electron chi connectivity index (χ0n) is 11.8. The van der Waals surface area contributed by atoms with E-state index in [0.717, 1.165) is 11.5 Å². The lowest BCUT2D eigenvalue weighted by Gasteiger charge is -2.31. The van der Waals surface area contributed by atoms with Crippen LogP contribution in [0.4, 0.5) is 4.39 Å². The van der Waals surface area contributed by atoms with E-state index in [9.17, 15) is 4.39 Å². The van der Waals surface area contributed by atoms with Crippen molar-refractivity contribution in [3.8, 4) is 0 Å². The summed E-state index contributed by atoms with van der Waals surface area (Å²) in [5, 5.41) is 3.67. The first-order valence-corrected chi connectivity index (χ1v) is 8.08. The Morgan fingerprint density at radius 3 is 2.53 bits per heavy atom. The van der Waals surface area contributed by atoms with Crippen LogP contribution in [-0.2, 0) is 0 Å². The summed E-state index contributed by atoms with van der Waals surface area (Å²) in [5.74, 6) is 0.594. The summed E-state index contributed by atoms with van der Waals surface area (Å²) >= 11 is 3.25. The van der Waals surface area contributed by atoms with Gasteiger partial charge in [-0.3, -0.25) is 0 Å². The van der Waals surface area contributed by atoms with Crippen LogP contribution in [0.5, 0.6) is 0 Å². The predicted molar refractivity (Wildman–Crippen MR) is 81.7 cm³/mol. The number of benzene rings is 1. The highest BCUT2D eigenvalue weighted by Gasteiger charge is 2.21. The van der Waals surface area contributed by atoms with Crippen molar-refractivity contribution < 1.29 is 4.39 Å². The summed E-state index contributed by atoms with van der Waals surface area (Å²) in [7, 11) is 0. The second-order valence-electron chi connectivity index (χ2n) is 5.75. The smallest absolute Gasteiger partial charge is 0.137 e. The Kier molecular flexibility index (Phi) is 5.40. The van der Waals surface area contributed by atoms with Crippen LogP contribution in [0.2, 0.25) is 0 Å². The van der Waals surface area contributed by atoms with Gasteiger partial charge < -0.3 is 5.32 Å². The molecule has 0 spiro atoms. The number of nitrogens with one attached hydrogen (secondary N) is 1. The van der Waals surface area contributed by atoms with E-state index in [1.807, 2.05) is 12.1 Å². The molecular formula is C16H23BrFN. The van der Waals surface area contributed by atoms with Crippen molar-refractivity contribution in [2.75, 3.05) is 0 Å². The Labute approximate surface area is 124 Å². The minimum atomic E-state index is -0.198. The van der Waals surface area contributed by atoms with Crippen molar-refractivity contribution in [3.05, 3.63) is 34.1 Å². The predicted octanol–water partition coefficient (Wildman–Crippen LogP) is 5.21. The summed E-state index contributed by atoms with van der Waals surface area (Å²) in [4.78, 5) is 0. The van der Waals surface area contributed by atoms with Crippen LogP contribution in [0.3, 0.4) is 0 Å². The van der Waals surface area contributed by atoms with Gasteiger partial charge in [0.15, 0.2) is 0 Å². The number of rotatable bonds is 4. The lowest BCUT2D eigenvalue weighted by molar-refractivity contribution is 0.268. The van der Waals surface area contributed by atoms with Gasteiger partial charge in [0.05, 0.1) is 4.47 Å². The fraction of sp³-hybridized carbons (Fsp3) is 0.625. The third-order valence-corrected chi connectivity index (χ3v) is 4.92. The van der Waals surface area contributed by atoms with E-state index in [1.54, 1.807) is 0 Å². The molecule has 0 aromatic heterocycles. The second kappa shape index (κ2) is 6.85. The Hall–Kier alpha value is -0.410. The average Bonchev–Trinajstić information content (AvgIpc) is 2.42. The summed E-state index contributed by atoms with van der Waals surface area (Å²) in [6, 6.07) is 6.06. The lowest BCUT2D eigenvalue weighted by Crippen LogP contribution is -2.36. The maximum absolute atomic E-state index is 13.2. The largest absolute Gasteiger partial charge is 0.307 e. The lowest BCUT2D eigenvalue weighted by atomic mass is 9.84. The minimum absolute atomic E-state index is 0.198. The molecule has 1 aromatic carbocycles. The maximum Gasteiger partial charge on any atom is 0.137 e. The van der Waals surface area contributed by atoms with Crippen LogP contribution >= 0.6 is 15.9 Å². The Balaban J connectivity index is 1.95. The number of halogens is 2. The zero-order valence-corrected chi connectivity index (χ0v) is 13.3. The molecule has 0 heterocycles. The van der Waals surface area contributed by atoms with Gasteiger partial charge in [0.2, 0.25) is 0 Å². The first-order chi connectivity index (χ1) is 9.08. The topological polar surface area (TPSA) is 12.0 Å². The van der Waals surface area contributed by atoms with Crippen molar-refractivity contribution in [3.63, 3.8) is 0 Å². The third kappa shape index (κ3) is 4.03. The normalized spacial score (nSPS) is 20.2. The highest BCUT2D eigenvalue weighted by atomic mass is 79.9. The van der Waals surface area contributed by atoms with Gasteiger partial charge in [0.1, 0.15) is 5.82 Å². The summed E-state index contributed by atoms with van der Waals surface area (Å²) in [6.45, 7) is 4.43. The highest BCUT2D eigenvalue weighted by Crippen LogP contribution is 2.28. The molecule has 19 heavy (non-hydrogen) atoms. The van der Waals surface area contributed by atoms with E-state index in [-0.39, 0.29) is 11.9 Å². The molecule has 0 amide bonds. The van der Waals surface area contributed by atoms with Gasteiger partial charge in [-0.05, 0) is 66.2 Å². The molecule has 1 nitrogen and oxygen atoms in total. The monoisotopic (exact) mass is 327 g/mol. The van der Waals surface area contributed by atoms with Gasteiger partial charge in [0.25, 0.3) is 0 Å². The highest BCUT2D eigenvalue weighted by molar-refractivity contribution is 9.10. The van der Waals surface area contributed by atoms with Gasteiger partial charge in [-0.1, -0.05) is 25.3 Å². The first-order valence-electron chi connectivity index (χ1n) is 7.29. The minimum Gasteiger partial charge on any atom is -0.307 e. The second-order valence-corrected chi connectivity index (χ2v) is 6.60. The van der Waals surface area contributed by atoms with E-state index in [2.05, 4.69) is 35.1 Å². The van der Waals surface area contributed by atoms with Crippen molar-refractivity contribution in [2.45, 2.75) is 58.0 Å². The van der Waals surface area contributed by atoms with E-state index in [4.69, 9.17) is 0 Å². The van der Waals surface area contributed by atoms with Crippen LogP contribution in [0.25, 0.3) is 0 Å². The van der Waals surface area contributed by atoms with Crippen molar-refractivity contribution in [2.24, 2.45) is 5.92 Å². The molecule has 1 aliphatic rings. The molecule has 3 heteroatoms. The summed E-state index contributed by atoms with van der Waals surface area (Å²) in [6.07, 6.45) is 6.81. The molecule has 1 fully saturated rings. The molecule has 1 saturated carbocycles. The molecule has 0 saturated heterocycles. The van der Waals surface area contributed by atoms with Gasteiger partial charge in [-0.15, -0.1) is 0 Å². The van der Waals surface area contributed by atoms with Crippen LogP contribution < -0.4 is 5.32 Å². The summed E-state index contributed by atoms with van der Waals surface area (Å²) in [5.41, 5.74) is 1.14. The average molecular weight is 328 g/mol. The Morgan fingerprint density at radius 1 is 1.21 bits per heavy atom. The molecular weight excluding hydrogens is 305 g/mol. The fourth-order valence-electron chi connectivity index (χ4n) is 3.04. The molecule has 106 valence electrons. The van der Waals surface area contributed by atoms with E-state index < -0.39 is 0 Å². The van der Waals surface area contributed by atoms with Crippen molar-refractivity contribution in [1.82, 2.24) is 5.32 Å². The van der Waals surface area contributed by atoms with Gasteiger partial charge in [0, 0.05) is 12.1 Å². The Morgan fingerprint density at radius 2 is 1.89 bits per heavy atom. The molecule has 0 bridgehead atoms. The molecule has 0 radical (unpaired) electrons. The van der Waals surface area contributed by atoms with Crippen LogP contribution in [0, 0.1) is 11.7 Å². The van der Waals surface area contributed by atoms with Crippen LogP contribution in [0.1, 0.15) is 57.6 Å². The molecule has 2 atom stereocenters. The maximum atomic E-state index is 13.2. The van der Waals surface area contributed by atoms with Gasteiger partial charge >= 0.3 is 0 Å². The van der Waals surface area contributed by atoms with Crippen LogP contribution in [-0.4, -0.2) is 6.04 Å². The van der Waals surface area contributed by atoms with E-state index in [0.29, 0.717) is 10.5 Å². The first kappa shape index (κ1) is 15.0. The summed E-state index contributed by atoms with van der Waals surface area (Å²) < 4.78 is 13.8. The van der Waals surface area contributed by atoms with Crippen molar-refractivity contribution in [1.29, 1.82) is 0 Å². The fourth-order valence-corrected chi connectivity index (χ4v) is 3.44. The quantitative estimate of drug-likeness (QED) is 0.800. The van der Waals surface area contributed by atoms with E-state index >= 15 is 0 Å². The molecule has 1 N–H and O–H groups in total. The van der Waals surface area contributed by atoms with Gasteiger partial charge in [-0.25, -0.2) is 4.39 Å². The number of hydrogen-bond donors (Lipinski definition) is 1. The third-order valence-electron chi connectivity index (χ3n) is 4.31.